The molecule has 1 N–H and O–H groups in total. The van der Waals surface area contributed by atoms with Gasteiger partial charge in [-0.15, -0.1) is 0 Å². The molecular weight excluding hydrogens is 206 g/mol. The van der Waals surface area contributed by atoms with Crippen LogP contribution < -0.4 is 0 Å². The van der Waals surface area contributed by atoms with E-state index < -0.39 is 12.0 Å². The van der Waals surface area contributed by atoms with E-state index in [0.29, 0.717) is 6.42 Å². The summed E-state index contributed by atoms with van der Waals surface area (Å²) in [6.45, 7) is 3.91. The number of hydrogen-bond donors (Lipinski definition) is 1. The number of hydrogen-bond acceptors (Lipinski definition) is 3. The fourth-order valence-electron chi connectivity index (χ4n) is 2.02. The fraction of sp³-hybridized carbons (Fsp3) is 0.583. The van der Waals surface area contributed by atoms with Crippen molar-refractivity contribution in [2.75, 3.05) is 7.05 Å². The summed E-state index contributed by atoms with van der Waals surface area (Å²) < 4.78 is 5.35. The standard InChI is InChI=1S/C12H19NO3/c1-4-9(11-7-6-8-16-11)13(3)10(5-2)12(14)15/h6-10H,4-5H2,1-3H3,(H,14,15). The molecule has 0 aromatic carbocycles. The summed E-state index contributed by atoms with van der Waals surface area (Å²) in [5.74, 6) is 0.0414. The van der Waals surface area contributed by atoms with Crippen molar-refractivity contribution in [3.8, 4) is 0 Å². The topological polar surface area (TPSA) is 53.7 Å². The molecule has 4 heteroatoms. The lowest BCUT2D eigenvalue weighted by Gasteiger charge is -2.30. The van der Waals surface area contributed by atoms with E-state index in [-0.39, 0.29) is 6.04 Å². The molecule has 2 atom stereocenters. The third kappa shape index (κ3) is 2.64. The van der Waals surface area contributed by atoms with Gasteiger partial charge in [0.1, 0.15) is 11.8 Å². The van der Waals surface area contributed by atoms with Crippen molar-refractivity contribution < 1.29 is 14.3 Å². The van der Waals surface area contributed by atoms with Crippen molar-refractivity contribution in [3.05, 3.63) is 24.2 Å². The molecule has 1 heterocycles. The van der Waals surface area contributed by atoms with Gasteiger partial charge in [-0.25, -0.2) is 0 Å². The van der Waals surface area contributed by atoms with Crippen molar-refractivity contribution in [1.29, 1.82) is 0 Å². The highest BCUT2D eigenvalue weighted by atomic mass is 16.4. The molecule has 0 aliphatic carbocycles. The van der Waals surface area contributed by atoms with Gasteiger partial charge in [0.2, 0.25) is 0 Å². The van der Waals surface area contributed by atoms with E-state index in [1.165, 1.54) is 0 Å². The van der Waals surface area contributed by atoms with Crippen molar-refractivity contribution in [3.63, 3.8) is 0 Å². The number of furan rings is 1. The van der Waals surface area contributed by atoms with Gasteiger partial charge in [0, 0.05) is 0 Å². The zero-order valence-corrected chi connectivity index (χ0v) is 10.0. The molecule has 0 fully saturated rings. The molecule has 1 rings (SSSR count). The summed E-state index contributed by atoms with van der Waals surface area (Å²) >= 11 is 0. The van der Waals surface area contributed by atoms with Gasteiger partial charge in [-0.05, 0) is 32.0 Å². The van der Waals surface area contributed by atoms with Gasteiger partial charge in [-0.2, -0.15) is 0 Å². The van der Waals surface area contributed by atoms with Crippen LogP contribution in [0.2, 0.25) is 0 Å². The number of carboxylic acid groups (broad SMARTS) is 1. The molecule has 4 nitrogen and oxygen atoms in total. The number of nitrogens with zero attached hydrogens (tertiary/aromatic N) is 1. The fourth-order valence-corrected chi connectivity index (χ4v) is 2.02. The highest BCUT2D eigenvalue weighted by molar-refractivity contribution is 5.73. The highest BCUT2D eigenvalue weighted by Gasteiger charge is 2.28. The average Bonchev–Trinajstić information content (AvgIpc) is 2.72. The summed E-state index contributed by atoms with van der Waals surface area (Å²) in [4.78, 5) is 13.0. The Morgan fingerprint density at radius 2 is 2.19 bits per heavy atom. The minimum Gasteiger partial charge on any atom is -0.480 e. The van der Waals surface area contributed by atoms with Crippen LogP contribution in [-0.4, -0.2) is 29.1 Å². The SMILES string of the molecule is CCC(C(=O)O)N(C)C(CC)c1ccco1. The van der Waals surface area contributed by atoms with Gasteiger partial charge >= 0.3 is 5.97 Å². The first-order valence-corrected chi connectivity index (χ1v) is 5.59. The molecule has 1 aromatic rings. The van der Waals surface area contributed by atoms with E-state index in [0.717, 1.165) is 12.2 Å². The van der Waals surface area contributed by atoms with Crippen LogP contribution in [0.3, 0.4) is 0 Å². The molecular formula is C12H19NO3. The third-order valence-corrected chi connectivity index (χ3v) is 2.91. The maximum Gasteiger partial charge on any atom is 0.320 e. The minimum absolute atomic E-state index is 0.0241. The quantitative estimate of drug-likeness (QED) is 0.808. The lowest BCUT2D eigenvalue weighted by molar-refractivity contribution is -0.144. The molecule has 0 aliphatic heterocycles. The van der Waals surface area contributed by atoms with E-state index in [4.69, 9.17) is 9.52 Å². The maximum absolute atomic E-state index is 11.1. The largest absolute Gasteiger partial charge is 0.480 e. The normalized spacial score (nSPS) is 15.0. The molecule has 2 unspecified atom stereocenters. The third-order valence-electron chi connectivity index (χ3n) is 2.91. The second kappa shape index (κ2) is 5.70. The number of aliphatic carboxylic acids is 1. The molecule has 0 amide bonds. The first kappa shape index (κ1) is 12.8. The molecule has 0 saturated heterocycles. The van der Waals surface area contributed by atoms with Crippen LogP contribution in [0.1, 0.15) is 38.5 Å². The Morgan fingerprint density at radius 3 is 2.56 bits per heavy atom. The van der Waals surface area contributed by atoms with Gasteiger partial charge in [0.25, 0.3) is 0 Å². The van der Waals surface area contributed by atoms with E-state index in [1.807, 2.05) is 37.9 Å². The Kier molecular flexibility index (Phi) is 4.55. The van der Waals surface area contributed by atoms with Crippen LogP contribution >= 0.6 is 0 Å². The lowest BCUT2D eigenvalue weighted by Crippen LogP contribution is -2.40. The van der Waals surface area contributed by atoms with E-state index in [1.54, 1.807) is 6.26 Å². The van der Waals surface area contributed by atoms with Crippen LogP contribution in [0.15, 0.2) is 22.8 Å². The van der Waals surface area contributed by atoms with Gasteiger partial charge in [0.15, 0.2) is 0 Å². The molecule has 16 heavy (non-hydrogen) atoms. The molecule has 0 bridgehead atoms. The van der Waals surface area contributed by atoms with Crippen LogP contribution in [0.5, 0.6) is 0 Å². The molecule has 0 radical (unpaired) electrons. The summed E-state index contributed by atoms with van der Waals surface area (Å²) in [6, 6.07) is 3.28. The predicted molar refractivity (Wildman–Crippen MR) is 61.2 cm³/mol. The van der Waals surface area contributed by atoms with Crippen molar-refractivity contribution in [1.82, 2.24) is 4.90 Å². The Morgan fingerprint density at radius 1 is 1.50 bits per heavy atom. The van der Waals surface area contributed by atoms with Gasteiger partial charge in [-0.1, -0.05) is 13.8 Å². The minimum atomic E-state index is -0.782. The Balaban J connectivity index is 2.84. The van der Waals surface area contributed by atoms with Crippen molar-refractivity contribution in [2.24, 2.45) is 0 Å². The van der Waals surface area contributed by atoms with Gasteiger partial charge in [0.05, 0.1) is 12.3 Å². The number of likely N-dealkylation sites (N-methyl/N-ethyl adjacent to an activating group) is 1. The first-order valence-electron chi connectivity index (χ1n) is 5.59. The number of carbonyl (C=O) groups is 1. The molecule has 1 aromatic heterocycles. The van der Waals surface area contributed by atoms with Crippen LogP contribution in [0, 0.1) is 0 Å². The summed E-state index contributed by atoms with van der Waals surface area (Å²) in [5, 5.41) is 9.11. The zero-order chi connectivity index (χ0) is 12.1. The lowest BCUT2D eigenvalue weighted by atomic mass is 10.1. The van der Waals surface area contributed by atoms with Crippen LogP contribution in [0.25, 0.3) is 0 Å². The first-order chi connectivity index (χ1) is 7.61. The maximum atomic E-state index is 11.1. The smallest absolute Gasteiger partial charge is 0.320 e. The second-order valence-corrected chi connectivity index (χ2v) is 3.87. The van der Waals surface area contributed by atoms with Crippen LogP contribution in [-0.2, 0) is 4.79 Å². The van der Waals surface area contributed by atoms with E-state index in [9.17, 15) is 4.79 Å². The number of carboxylic acids is 1. The highest BCUT2D eigenvalue weighted by Crippen LogP contribution is 2.25. The summed E-state index contributed by atoms with van der Waals surface area (Å²) in [6.07, 6.45) is 3.03. The summed E-state index contributed by atoms with van der Waals surface area (Å²) in [5.41, 5.74) is 0. The Labute approximate surface area is 95.9 Å². The van der Waals surface area contributed by atoms with E-state index in [2.05, 4.69) is 0 Å². The molecule has 0 saturated carbocycles. The predicted octanol–water partition coefficient (Wildman–Crippen LogP) is 2.53. The van der Waals surface area contributed by atoms with E-state index >= 15 is 0 Å². The van der Waals surface area contributed by atoms with Gasteiger partial charge < -0.3 is 9.52 Å². The molecule has 90 valence electrons. The Bertz CT molecular complexity index is 321. The zero-order valence-electron chi connectivity index (χ0n) is 10.0. The average molecular weight is 225 g/mol. The van der Waals surface area contributed by atoms with Gasteiger partial charge in [-0.3, -0.25) is 9.69 Å². The van der Waals surface area contributed by atoms with Crippen molar-refractivity contribution >= 4 is 5.97 Å². The molecule has 0 spiro atoms. The monoisotopic (exact) mass is 225 g/mol. The summed E-state index contributed by atoms with van der Waals surface area (Å²) in [7, 11) is 1.83. The Hall–Kier alpha value is -1.29. The second-order valence-electron chi connectivity index (χ2n) is 3.87. The number of rotatable bonds is 6. The molecule has 0 aliphatic rings. The van der Waals surface area contributed by atoms with Crippen molar-refractivity contribution in [2.45, 2.75) is 38.8 Å². The van der Waals surface area contributed by atoms with Crippen LogP contribution in [0.4, 0.5) is 0 Å².